The summed E-state index contributed by atoms with van der Waals surface area (Å²) in [7, 11) is 1.98. The van der Waals surface area contributed by atoms with Gasteiger partial charge in [-0.25, -0.2) is 0 Å². The summed E-state index contributed by atoms with van der Waals surface area (Å²) in [5.74, 6) is 0. The Hall–Kier alpha value is -0.890. The molecule has 0 aliphatic carbocycles. The Morgan fingerprint density at radius 1 is 1.46 bits per heavy atom. The minimum absolute atomic E-state index is 1.04. The molecule has 0 aromatic carbocycles. The fourth-order valence-electron chi connectivity index (χ4n) is 1.14. The Morgan fingerprint density at radius 3 is 2.77 bits per heavy atom. The van der Waals surface area contributed by atoms with Crippen molar-refractivity contribution >= 4 is 6.72 Å². The van der Waals surface area contributed by atoms with Gasteiger partial charge in [-0.1, -0.05) is 25.0 Å². The third kappa shape index (κ3) is 7.47. The first-order valence-corrected chi connectivity index (χ1v) is 4.80. The van der Waals surface area contributed by atoms with Crippen molar-refractivity contribution in [3.8, 4) is 0 Å². The quantitative estimate of drug-likeness (QED) is 0.472. The maximum absolute atomic E-state index is 3.66. The Bertz CT molecular complexity index is 181. The standard InChI is InChI=1S/C11H20N2/c1-4-6-11(8-10-13-3)7-5-9-12-2/h5,7,9,13H,2,4,6,8,10H2,1,3H3/b9-5-,11-7+. The van der Waals surface area contributed by atoms with E-state index in [-0.39, 0.29) is 0 Å². The van der Waals surface area contributed by atoms with E-state index in [0.717, 1.165) is 13.0 Å². The largest absolute Gasteiger partial charge is 0.319 e. The van der Waals surface area contributed by atoms with Crippen LogP contribution in [-0.4, -0.2) is 20.3 Å². The first kappa shape index (κ1) is 12.1. The van der Waals surface area contributed by atoms with Gasteiger partial charge < -0.3 is 5.32 Å². The van der Waals surface area contributed by atoms with Crippen molar-refractivity contribution in [2.24, 2.45) is 4.99 Å². The second-order valence-electron chi connectivity index (χ2n) is 2.95. The number of hydrogen-bond donors (Lipinski definition) is 1. The molecule has 0 fully saturated rings. The van der Waals surface area contributed by atoms with Crippen LogP contribution < -0.4 is 5.32 Å². The molecule has 0 saturated heterocycles. The molecule has 13 heavy (non-hydrogen) atoms. The van der Waals surface area contributed by atoms with Gasteiger partial charge in [0.05, 0.1) is 0 Å². The third-order valence-corrected chi connectivity index (χ3v) is 1.79. The highest BCUT2D eigenvalue weighted by molar-refractivity contribution is 5.26. The summed E-state index contributed by atoms with van der Waals surface area (Å²) in [5.41, 5.74) is 1.47. The number of hydrogen-bond acceptors (Lipinski definition) is 2. The number of rotatable bonds is 7. The molecule has 0 aliphatic heterocycles. The molecule has 2 heteroatoms. The van der Waals surface area contributed by atoms with Crippen LogP contribution in [0.1, 0.15) is 26.2 Å². The highest BCUT2D eigenvalue weighted by Crippen LogP contribution is 2.08. The lowest BCUT2D eigenvalue weighted by Crippen LogP contribution is -2.08. The van der Waals surface area contributed by atoms with Gasteiger partial charge in [-0.2, -0.15) is 0 Å². The third-order valence-electron chi connectivity index (χ3n) is 1.79. The van der Waals surface area contributed by atoms with Crippen LogP contribution in [0, 0.1) is 0 Å². The van der Waals surface area contributed by atoms with Gasteiger partial charge in [0.25, 0.3) is 0 Å². The highest BCUT2D eigenvalue weighted by Gasteiger charge is 1.93. The summed E-state index contributed by atoms with van der Waals surface area (Å²) >= 11 is 0. The van der Waals surface area contributed by atoms with Crippen LogP contribution in [0.15, 0.2) is 28.9 Å². The minimum Gasteiger partial charge on any atom is -0.319 e. The molecule has 0 saturated carbocycles. The van der Waals surface area contributed by atoms with Gasteiger partial charge >= 0.3 is 0 Å². The van der Waals surface area contributed by atoms with Crippen molar-refractivity contribution in [2.45, 2.75) is 26.2 Å². The molecule has 74 valence electrons. The molecule has 0 aromatic rings. The van der Waals surface area contributed by atoms with E-state index in [0.29, 0.717) is 0 Å². The molecule has 0 heterocycles. The maximum atomic E-state index is 3.66. The fourth-order valence-corrected chi connectivity index (χ4v) is 1.14. The summed E-state index contributed by atoms with van der Waals surface area (Å²) in [4.78, 5) is 3.66. The molecule has 0 amide bonds. The summed E-state index contributed by atoms with van der Waals surface area (Å²) in [6, 6.07) is 0. The zero-order valence-electron chi connectivity index (χ0n) is 8.71. The lowest BCUT2D eigenvalue weighted by atomic mass is 10.1. The van der Waals surface area contributed by atoms with E-state index in [4.69, 9.17) is 0 Å². The van der Waals surface area contributed by atoms with E-state index < -0.39 is 0 Å². The molecule has 0 spiro atoms. The summed E-state index contributed by atoms with van der Waals surface area (Å²) in [6.45, 7) is 6.63. The van der Waals surface area contributed by atoms with Crippen LogP contribution in [0.4, 0.5) is 0 Å². The van der Waals surface area contributed by atoms with Crippen LogP contribution in [0.5, 0.6) is 0 Å². The van der Waals surface area contributed by atoms with Gasteiger partial charge in [0.15, 0.2) is 0 Å². The van der Waals surface area contributed by atoms with E-state index in [1.54, 1.807) is 6.20 Å². The van der Waals surface area contributed by atoms with E-state index in [1.165, 1.54) is 18.4 Å². The zero-order chi connectivity index (χ0) is 9.94. The molecule has 0 radical (unpaired) electrons. The van der Waals surface area contributed by atoms with E-state index in [2.05, 4.69) is 30.0 Å². The Balaban J connectivity index is 3.97. The first-order chi connectivity index (χ1) is 6.35. The van der Waals surface area contributed by atoms with Gasteiger partial charge in [0.2, 0.25) is 0 Å². The molecular formula is C11H20N2. The van der Waals surface area contributed by atoms with Crippen molar-refractivity contribution in [3.63, 3.8) is 0 Å². The van der Waals surface area contributed by atoms with Crippen molar-refractivity contribution < 1.29 is 0 Å². The predicted molar refractivity (Wildman–Crippen MR) is 60.2 cm³/mol. The predicted octanol–water partition coefficient (Wildman–Crippen LogP) is 2.54. The fraction of sp³-hybridized carbons (Fsp3) is 0.545. The van der Waals surface area contributed by atoms with Gasteiger partial charge in [-0.05, 0) is 39.2 Å². The molecule has 0 atom stereocenters. The normalized spacial score (nSPS) is 12.3. The van der Waals surface area contributed by atoms with Crippen LogP contribution in [0.2, 0.25) is 0 Å². The zero-order valence-corrected chi connectivity index (χ0v) is 8.71. The Kier molecular flexibility index (Phi) is 8.57. The van der Waals surface area contributed by atoms with Crippen LogP contribution in [0.25, 0.3) is 0 Å². The summed E-state index contributed by atoms with van der Waals surface area (Å²) in [6.07, 6.45) is 9.29. The lowest BCUT2D eigenvalue weighted by Gasteiger charge is -2.03. The van der Waals surface area contributed by atoms with Crippen LogP contribution in [0.3, 0.4) is 0 Å². The topological polar surface area (TPSA) is 24.4 Å². The van der Waals surface area contributed by atoms with Crippen molar-refractivity contribution in [2.75, 3.05) is 13.6 Å². The Morgan fingerprint density at radius 2 is 2.23 bits per heavy atom. The number of aliphatic imine (C=N–C) groups is 1. The highest BCUT2D eigenvalue weighted by atomic mass is 14.8. The number of nitrogens with one attached hydrogen (secondary N) is 1. The Labute approximate surface area is 81.5 Å². The molecule has 0 rings (SSSR count). The van der Waals surface area contributed by atoms with E-state index >= 15 is 0 Å². The van der Waals surface area contributed by atoms with Crippen molar-refractivity contribution in [3.05, 3.63) is 23.9 Å². The molecule has 0 unspecified atom stereocenters. The van der Waals surface area contributed by atoms with Crippen molar-refractivity contribution in [1.82, 2.24) is 5.32 Å². The van der Waals surface area contributed by atoms with Crippen LogP contribution >= 0.6 is 0 Å². The lowest BCUT2D eigenvalue weighted by molar-refractivity contribution is 0.747. The first-order valence-electron chi connectivity index (χ1n) is 4.80. The average molecular weight is 180 g/mol. The van der Waals surface area contributed by atoms with Gasteiger partial charge in [-0.3, -0.25) is 4.99 Å². The molecule has 0 aliphatic rings. The van der Waals surface area contributed by atoms with Gasteiger partial charge in [-0.15, -0.1) is 0 Å². The van der Waals surface area contributed by atoms with Gasteiger partial charge in [0, 0.05) is 6.20 Å². The monoisotopic (exact) mass is 180 g/mol. The van der Waals surface area contributed by atoms with E-state index in [9.17, 15) is 0 Å². The molecular weight excluding hydrogens is 160 g/mol. The summed E-state index contributed by atoms with van der Waals surface area (Å²) < 4.78 is 0. The minimum atomic E-state index is 1.04. The van der Waals surface area contributed by atoms with Gasteiger partial charge in [0.1, 0.15) is 0 Å². The molecule has 1 N–H and O–H groups in total. The summed E-state index contributed by atoms with van der Waals surface area (Å²) in [5, 5.41) is 3.15. The van der Waals surface area contributed by atoms with Crippen molar-refractivity contribution in [1.29, 1.82) is 0 Å². The number of nitrogens with zero attached hydrogens (tertiary/aromatic N) is 1. The van der Waals surface area contributed by atoms with E-state index in [1.807, 2.05) is 13.1 Å². The average Bonchev–Trinajstić information content (AvgIpc) is 2.14. The maximum Gasteiger partial charge on any atom is 0.0260 e. The molecule has 2 nitrogen and oxygen atoms in total. The molecule has 0 aromatic heterocycles. The second-order valence-corrected chi connectivity index (χ2v) is 2.95. The number of allylic oxidation sites excluding steroid dienone is 2. The second kappa shape index (κ2) is 9.20. The van der Waals surface area contributed by atoms with Crippen LogP contribution in [-0.2, 0) is 0 Å². The SMILES string of the molecule is C=N/C=C\C=C(/CCC)CCNC. The smallest absolute Gasteiger partial charge is 0.0260 e. The molecule has 0 bridgehead atoms.